The van der Waals surface area contributed by atoms with E-state index in [4.69, 9.17) is 28.4 Å². The molecule has 0 aromatic heterocycles. The lowest BCUT2D eigenvalue weighted by Gasteiger charge is -2.50. The fourth-order valence-corrected chi connectivity index (χ4v) is 12.6. The van der Waals surface area contributed by atoms with Crippen molar-refractivity contribution in [2.45, 2.75) is 375 Å². The summed E-state index contributed by atoms with van der Waals surface area (Å²) in [4.78, 5) is 38.6. The summed E-state index contributed by atoms with van der Waals surface area (Å²) in [5.74, 6) is -6.14. The van der Waals surface area contributed by atoms with Gasteiger partial charge < -0.3 is 100 Å². The van der Waals surface area contributed by atoms with Crippen LogP contribution in [-0.4, -0.2) is 215 Å². The van der Waals surface area contributed by atoms with Crippen molar-refractivity contribution >= 4 is 17.8 Å². The van der Waals surface area contributed by atoms with Crippen LogP contribution >= 0.6 is 0 Å². The molecule has 0 saturated carbocycles. The predicted octanol–water partition coefficient (Wildman–Crippen LogP) is 7.23. The third kappa shape index (κ3) is 32.6. The van der Waals surface area contributed by atoms with Crippen molar-refractivity contribution in [3.05, 3.63) is 24.3 Å². The van der Waals surface area contributed by atoms with E-state index in [1.165, 1.54) is 148 Å². The van der Waals surface area contributed by atoms with Crippen molar-refractivity contribution in [1.82, 2.24) is 10.6 Å². The molecule has 0 bridgehead atoms. The molecule has 3 heterocycles. The van der Waals surface area contributed by atoms with Crippen LogP contribution in [0.15, 0.2) is 24.3 Å². The van der Waals surface area contributed by atoms with Crippen molar-refractivity contribution in [2.75, 3.05) is 26.4 Å². The summed E-state index contributed by atoms with van der Waals surface area (Å²) in [7, 11) is 0. The summed E-state index contributed by atoms with van der Waals surface area (Å²) in [6.45, 7) is 2.15. The maximum Gasteiger partial charge on any atom is 0.364 e. The van der Waals surface area contributed by atoms with Crippen LogP contribution in [0.25, 0.3) is 0 Å². The molecule has 18 atom stereocenters. The fraction of sp³-hybridized carbons (Fsp3) is 0.900. The van der Waals surface area contributed by atoms with Crippen LogP contribution in [0.5, 0.6) is 0 Å². The molecule has 3 aliphatic heterocycles. The number of allylic oxidation sites excluding steroid dienone is 3. The Hall–Kier alpha value is -2.79. The highest BCUT2D eigenvalue weighted by atomic mass is 16.8. The summed E-state index contributed by atoms with van der Waals surface area (Å²) in [6.07, 6.45) is 22.1. The highest BCUT2D eigenvalue weighted by molar-refractivity contribution is 5.77. The Morgan fingerprint density at radius 2 is 1.01 bits per heavy atom. The van der Waals surface area contributed by atoms with E-state index in [2.05, 4.69) is 36.6 Å². The Morgan fingerprint density at radius 3 is 1.46 bits per heavy atom. The van der Waals surface area contributed by atoms with Crippen molar-refractivity contribution in [2.24, 2.45) is 0 Å². The molecule has 0 aliphatic carbocycles. The van der Waals surface area contributed by atoms with Crippen molar-refractivity contribution in [3.8, 4) is 0 Å². The second-order valence-corrected chi connectivity index (χ2v) is 26.4. The molecule has 18 unspecified atom stereocenters. The topological polar surface area (TPSA) is 373 Å². The van der Waals surface area contributed by atoms with Gasteiger partial charge in [0.15, 0.2) is 12.6 Å². The quantitative estimate of drug-likeness (QED) is 0.0211. The maximum atomic E-state index is 13.5. The lowest BCUT2D eigenvalue weighted by atomic mass is 9.88. The zero-order chi connectivity index (χ0) is 68.2. The number of carbonyl (C=O) groups is 3. The SMILES string of the molecule is CCCCCCCCCCC/C=C\CCCCCCCCCC(=O)NC(COC1OC(CO)C(OC2OC(CO)C(O)C(OC3(C(=O)O)CC(O)C(NC(C)=O)C(C(O)C(O)CO)O3)C2O)C(O)C1O)C(O)/C=C/CCCCCCCCCCCCCCCCCCC. The van der Waals surface area contributed by atoms with Gasteiger partial charge in [-0.3, -0.25) is 9.59 Å². The summed E-state index contributed by atoms with van der Waals surface area (Å²) in [5.41, 5.74) is 0. The first kappa shape index (κ1) is 84.4. The molecule has 0 aromatic rings. The zero-order valence-electron chi connectivity index (χ0n) is 56.9. The molecule has 544 valence electrons. The summed E-state index contributed by atoms with van der Waals surface area (Å²) < 4.78 is 34.8. The molecular weight excluding hydrogens is 1200 g/mol. The van der Waals surface area contributed by atoms with Gasteiger partial charge in [0.05, 0.1) is 50.7 Å². The number of aliphatic hydroxyl groups excluding tert-OH is 11. The number of aliphatic hydroxyl groups is 11. The van der Waals surface area contributed by atoms with Crippen LogP contribution in [-0.2, 0) is 42.8 Å². The second-order valence-electron chi connectivity index (χ2n) is 26.4. The normalized spacial score (nSPS) is 28.2. The standard InChI is InChI=1S/C70H128N2O21/c1-4-6-8-10-12-14-16-18-20-22-24-26-28-30-32-34-36-38-40-42-44-57(80)72-51(52(77)43-41-39-37-35-33-31-29-27-25-23-21-19-17-15-13-11-9-7-5-2)49-88-67-62(84)61(83)64(56(48-75)90-67)91-68-63(85)66(60(82)55(47-74)89-68)93-70(69(86)87)45-53(78)58(71-50(3)76)65(92-70)59(81)54(79)46-73/h24,26,41,43,51-56,58-68,73-75,77-79,81-85H,4-23,25,27-40,42,44-49H2,1-3H3,(H,71,76)(H,72,80)(H,86,87)/b26-24-,43-41+. The van der Waals surface area contributed by atoms with E-state index in [1.54, 1.807) is 6.08 Å². The third-order valence-electron chi connectivity index (χ3n) is 18.4. The molecular formula is C70H128N2O21. The second kappa shape index (κ2) is 50.5. The van der Waals surface area contributed by atoms with Crippen LogP contribution in [0.1, 0.15) is 265 Å². The minimum Gasteiger partial charge on any atom is -0.477 e. The van der Waals surface area contributed by atoms with Crippen LogP contribution in [0.3, 0.4) is 0 Å². The average Bonchev–Trinajstić information content (AvgIpc) is 0.791. The molecule has 23 heteroatoms. The molecule has 0 spiro atoms. The predicted molar refractivity (Wildman–Crippen MR) is 352 cm³/mol. The van der Waals surface area contributed by atoms with Gasteiger partial charge >= 0.3 is 5.97 Å². The average molecular weight is 1330 g/mol. The number of hydrogen-bond acceptors (Lipinski definition) is 20. The number of nitrogens with one attached hydrogen (secondary N) is 2. The van der Waals surface area contributed by atoms with Crippen LogP contribution in [0.4, 0.5) is 0 Å². The smallest absolute Gasteiger partial charge is 0.364 e. The number of ether oxygens (including phenoxy) is 6. The molecule has 2 amide bonds. The summed E-state index contributed by atoms with van der Waals surface area (Å²) in [5, 5.41) is 136. The van der Waals surface area contributed by atoms with Gasteiger partial charge in [-0.2, -0.15) is 0 Å². The van der Waals surface area contributed by atoms with E-state index in [0.717, 1.165) is 77.6 Å². The molecule has 93 heavy (non-hydrogen) atoms. The van der Waals surface area contributed by atoms with Gasteiger partial charge in [-0.1, -0.05) is 224 Å². The highest BCUT2D eigenvalue weighted by Gasteiger charge is 2.60. The minimum atomic E-state index is -3.08. The Morgan fingerprint density at radius 1 is 0.559 bits per heavy atom. The first-order chi connectivity index (χ1) is 44.9. The summed E-state index contributed by atoms with van der Waals surface area (Å²) in [6, 6.07) is -2.62. The van der Waals surface area contributed by atoms with Gasteiger partial charge in [-0.05, 0) is 44.9 Å². The number of aliphatic carboxylic acids is 1. The van der Waals surface area contributed by atoms with Gasteiger partial charge in [0, 0.05) is 19.8 Å². The molecule has 23 nitrogen and oxygen atoms in total. The van der Waals surface area contributed by atoms with Gasteiger partial charge in [0.2, 0.25) is 11.8 Å². The molecule has 0 aromatic carbocycles. The van der Waals surface area contributed by atoms with E-state index in [0.29, 0.717) is 12.8 Å². The van der Waals surface area contributed by atoms with Crippen LogP contribution in [0.2, 0.25) is 0 Å². The number of carboxylic acids is 1. The van der Waals surface area contributed by atoms with Crippen LogP contribution < -0.4 is 10.6 Å². The molecule has 3 aliphatic rings. The number of amides is 2. The van der Waals surface area contributed by atoms with Crippen molar-refractivity contribution < 1.29 is 104 Å². The van der Waals surface area contributed by atoms with Crippen molar-refractivity contribution in [3.63, 3.8) is 0 Å². The number of carboxylic acid groups (broad SMARTS) is 1. The van der Waals surface area contributed by atoms with Gasteiger partial charge in [-0.25, -0.2) is 4.79 Å². The van der Waals surface area contributed by atoms with Gasteiger partial charge in [0.25, 0.3) is 5.79 Å². The molecule has 14 N–H and O–H groups in total. The Kier molecular flexibility index (Phi) is 45.9. The minimum absolute atomic E-state index is 0.196. The third-order valence-corrected chi connectivity index (χ3v) is 18.4. The number of carbonyl (C=O) groups excluding carboxylic acids is 2. The maximum absolute atomic E-state index is 13.5. The van der Waals surface area contributed by atoms with Crippen LogP contribution in [0, 0.1) is 0 Å². The van der Waals surface area contributed by atoms with Gasteiger partial charge in [0.1, 0.15) is 67.1 Å². The van der Waals surface area contributed by atoms with Crippen molar-refractivity contribution in [1.29, 1.82) is 0 Å². The Labute approximate surface area is 555 Å². The number of unbranched alkanes of at least 4 members (excludes halogenated alkanes) is 33. The van der Waals surface area contributed by atoms with E-state index in [9.17, 15) is 75.7 Å². The molecule has 3 saturated heterocycles. The number of rotatable bonds is 55. The largest absolute Gasteiger partial charge is 0.477 e. The first-order valence-electron chi connectivity index (χ1n) is 36.2. The van der Waals surface area contributed by atoms with E-state index in [-0.39, 0.29) is 12.3 Å². The molecule has 0 radical (unpaired) electrons. The fourth-order valence-electron chi connectivity index (χ4n) is 12.6. The summed E-state index contributed by atoms with van der Waals surface area (Å²) >= 11 is 0. The zero-order valence-corrected chi connectivity index (χ0v) is 56.9. The van der Waals surface area contributed by atoms with E-state index < -0.39 is 155 Å². The number of hydrogen-bond donors (Lipinski definition) is 14. The Balaban J connectivity index is 1.59. The highest BCUT2D eigenvalue weighted by Crippen LogP contribution is 2.39. The lowest BCUT2D eigenvalue weighted by Crippen LogP contribution is -2.70. The first-order valence-corrected chi connectivity index (χ1v) is 36.2. The Bertz CT molecular complexity index is 1970. The van der Waals surface area contributed by atoms with E-state index >= 15 is 0 Å². The molecule has 3 rings (SSSR count). The van der Waals surface area contributed by atoms with Gasteiger partial charge in [-0.15, -0.1) is 0 Å². The monoisotopic (exact) mass is 1330 g/mol. The lowest BCUT2D eigenvalue weighted by molar-refractivity contribution is -0.386. The molecule has 3 fully saturated rings. The van der Waals surface area contributed by atoms with E-state index in [1.807, 2.05) is 6.08 Å².